The number of anilines is 1. The topological polar surface area (TPSA) is 72.9 Å². The van der Waals surface area contributed by atoms with Crippen LogP contribution in [0.25, 0.3) is 5.78 Å². The van der Waals surface area contributed by atoms with Crippen molar-refractivity contribution in [1.82, 2.24) is 29.4 Å². The second-order valence-corrected chi connectivity index (χ2v) is 5.86. The highest BCUT2D eigenvalue weighted by Crippen LogP contribution is 2.22. The Labute approximate surface area is 128 Å². The Morgan fingerprint density at radius 3 is 3.05 bits per heavy atom. The molecule has 0 saturated carbocycles. The molecule has 0 spiro atoms. The minimum absolute atomic E-state index is 0.104. The number of hydrogen-bond donors (Lipinski definition) is 1. The van der Waals surface area contributed by atoms with E-state index in [1.807, 2.05) is 13.0 Å². The highest BCUT2D eigenvalue weighted by atomic mass is 15.4. The summed E-state index contributed by atoms with van der Waals surface area (Å²) < 4.78 is 3.86. The Morgan fingerprint density at radius 2 is 2.18 bits per heavy atom. The smallest absolute Gasteiger partial charge is 0.254 e. The quantitative estimate of drug-likeness (QED) is 0.802. The summed E-state index contributed by atoms with van der Waals surface area (Å²) in [5, 5.41) is 12.4. The van der Waals surface area contributed by atoms with Crippen molar-refractivity contribution in [3.63, 3.8) is 0 Å². The summed E-state index contributed by atoms with van der Waals surface area (Å²) in [5.74, 6) is 1.50. The van der Waals surface area contributed by atoms with E-state index in [4.69, 9.17) is 5.10 Å². The summed E-state index contributed by atoms with van der Waals surface area (Å²) >= 11 is 0. The average molecular weight is 297 g/mol. The molecule has 0 bridgehead atoms. The highest BCUT2D eigenvalue weighted by molar-refractivity contribution is 5.46. The van der Waals surface area contributed by atoms with E-state index in [-0.39, 0.29) is 6.04 Å². The van der Waals surface area contributed by atoms with Crippen LogP contribution >= 0.6 is 0 Å². The van der Waals surface area contributed by atoms with Crippen LogP contribution in [-0.2, 0) is 13.0 Å². The van der Waals surface area contributed by atoms with E-state index in [1.54, 1.807) is 4.52 Å². The maximum Gasteiger partial charge on any atom is 0.254 e. The standard InChI is InChI=1S/C15H19N7/c1-10-7-14(22-15(18-10)16-9-17-22)19-11(2)13-8-12-5-3-4-6-21(12)20-13/h7-9,11,19H,3-6H2,1-2H3. The molecule has 1 atom stereocenters. The van der Waals surface area contributed by atoms with Crippen molar-refractivity contribution in [3.8, 4) is 0 Å². The molecule has 4 rings (SSSR count). The minimum Gasteiger partial charge on any atom is -0.362 e. The molecule has 1 N–H and O–H groups in total. The monoisotopic (exact) mass is 297 g/mol. The van der Waals surface area contributed by atoms with Crippen LogP contribution in [0.2, 0.25) is 0 Å². The molecule has 3 aromatic rings. The van der Waals surface area contributed by atoms with E-state index in [9.17, 15) is 0 Å². The molecule has 7 heteroatoms. The molecule has 114 valence electrons. The van der Waals surface area contributed by atoms with Crippen molar-refractivity contribution in [2.45, 2.75) is 45.7 Å². The van der Waals surface area contributed by atoms with Crippen LogP contribution in [0.15, 0.2) is 18.5 Å². The van der Waals surface area contributed by atoms with Gasteiger partial charge < -0.3 is 5.32 Å². The third-order valence-electron chi connectivity index (χ3n) is 4.12. The Hall–Kier alpha value is -2.44. The SMILES string of the molecule is Cc1cc(NC(C)c2cc3n(n2)CCCC3)n2ncnc2n1. The molecule has 1 aliphatic heterocycles. The van der Waals surface area contributed by atoms with Gasteiger partial charge in [0, 0.05) is 24.0 Å². The van der Waals surface area contributed by atoms with Crippen molar-refractivity contribution in [1.29, 1.82) is 0 Å². The lowest BCUT2D eigenvalue weighted by molar-refractivity contribution is 0.482. The van der Waals surface area contributed by atoms with Gasteiger partial charge in [-0.1, -0.05) is 0 Å². The summed E-state index contributed by atoms with van der Waals surface area (Å²) in [5.41, 5.74) is 3.32. The maximum atomic E-state index is 4.73. The summed E-state index contributed by atoms with van der Waals surface area (Å²) in [6, 6.07) is 4.30. The molecule has 0 aromatic carbocycles. The number of fused-ring (bicyclic) bond motifs is 2. The Balaban J connectivity index is 1.64. The normalized spacial score (nSPS) is 15.7. The fraction of sp³-hybridized carbons (Fsp3) is 0.467. The summed E-state index contributed by atoms with van der Waals surface area (Å²) in [6.07, 6.45) is 5.13. The Bertz CT molecular complexity index is 793. The predicted molar refractivity (Wildman–Crippen MR) is 82.7 cm³/mol. The van der Waals surface area contributed by atoms with Crippen molar-refractivity contribution >= 4 is 11.6 Å². The van der Waals surface area contributed by atoms with Gasteiger partial charge in [0.05, 0.1) is 11.7 Å². The molecule has 0 aliphatic carbocycles. The van der Waals surface area contributed by atoms with Crippen LogP contribution in [0, 0.1) is 6.92 Å². The molecule has 4 heterocycles. The number of hydrogen-bond acceptors (Lipinski definition) is 5. The van der Waals surface area contributed by atoms with Gasteiger partial charge in [-0.15, -0.1) is 0 Å². The zero-order chi connectivity index (χ0) is 15.1. The van der Waals surface area contributed by atoms with E-state index in [2.05, 4.69) is 38.1 Å². The first-order valence-electron chi connectivity index (χ1n) is 7.71. The first kappa shape index (κ1) is 13.2. The van der Waals surface area contributed by atoms with Crippen LogP contribution in [-0.4, -0.2) is 29.4 Å². The number of aromatic nitrogens is 6. The van der Waals surface area contributed by atoms with Gasteiger partial charge in [-0.05, 0) is 39.2 Å². The van der Waals surface area contributed by atoms with Gasteiger partial charge in [-0.25, -0.2) is 4.98 Å². The van der Waals surface area contributed by atoms with Gasteiger partial charge in [0.15, 0.2) is 0 Å². The third kappa shape index (κ3) is 2.22. The van der Waals surface area contributed by atoms with E-state index in [1.165, 1.54) is 24.9 Å². The van der Waals surface area contributed by atoms with Crippen LogP contribution in [0.3, 0.4) is 0 Å². The van der Waals surface area contributed by atoms with Crippen LogP contribution in [0.4, 0.5) is 5.82 Å². The lowest BCUT2D eigenvalue weighted by atomic mass is 10.1. The van der Waals surface area contributed by atoms with E-state index in [0.29, 0.717) is 5.78 Å². The van der Waals surface area contributed by atoms with Gasteiger partial charge in [0.2, 0.25) is 0 Å². The zero-order valence-corrected chi connectivity index (χ0v) is 12.8. The lowest BCUT2D eigenvalue weighted by Gasteiger charge is -2.14. The molecular formula is C15H19N7. The molecule has 7 nitrogen and oxygen atoms in total. The molecule has 3 aromatic heterocycles. The largest absolute Gasteiger partial charge is 0.362 e. The van der Waals surface area contributed by atoms with Crippen LogP contribution < -0.4 is 5.32 Å². The zero-order valence-electron chi connectivity index (χ0n) is 12.8. The molecule has 22 heavy (non-hydrogen) atoms. The molecular weight excluding hydrogens is 278 g/mol. The fourth-order valence-corrected chi connectivity index (χ4v) is 2.98. The molecule has 1 unspecified atom stereocenters. The number of rotatable bonds is 3. The molecule has 0 fully saturated rings. The van der Waals surface area contributed by atoms with Crippen LogP contribution in [0.1, 0.15) is 42.9 Å². The fourth-order valence-electron chi connectivity index (χ4n) is 2.98. The predicted octanol–water partition coefficient (Wildman–Crippen LogP) is 2.14. The number of nitrogens with one attached hydrogen (secondary N) is 1. The van der Waals surface area contributed by atoms with Gasteiger partial charge in [0.1, 0.15) is 12.1 Å². The number of nitrogens with zero attached hydrogens (tertiary/aromatic N) is 6. The van der Waals surface area contributed by atoms with E-state index >= 15 is 0 Å². The van der Waals surface area contributed by atoms with Gasteiger partial charge in [-0.2, -0.15) is 19.7 Å². The minimum atomic E-state index is 0.104. The molecule has 0 radical (unpaired) electrons. The third-order valence-corrected chi connectivity index (χ3v) is 4.12. The second kappa shape index (κ2) is 5.08. The Morgan fingerprint density at radius 1 is 1.27 bits per heavy atom. The number of aryl methyl sites for hydroxylation is 3. The summed E-state index contributed by atoms with van der Waals surface area (Å²) in [4.78, 5) is 8.51. The van der Waals surface area contributed by atoms with Crippen molar-refractivity contribution < 1.29 is 0 Å². The van der Waals surface area contributed by atoms with Gasteiger partial charge in [0.25, 0.3) is 5.78 Å². The first-order valence-corrected chi connectivity index (χ1v) is 7.71. The van der Waals surface area contributed by atoms with Crippen molar-refractivity contribution in [3.05, 3.63) is 35.5 Å². The highest BCUT2D eigenvalue weighted by Gasteiger charge is 2.17. The average Bonchev–Trinajstić information content (AvgIpc) is 3.12. The van der Waals surface area contributed by atoms with Crippen LogP contribution in [0.5, 0.6) is 0 Å². The van der Waals surface area contributed by atoms with Gasteiger partial charge in [-0.3, -0.25) is 4.68 Å². The van der Waals surface area contributed by atoms with Crippen molar-refractivity contribution in [2.75, 3.05) is 5.32 Å². The summed E-state index contributed by atoms with van der Waals surface area (Å²) in [7, 11) is 0. The molecule has 0 saturated heterocycles. The Kier molecular flexibility index (Phi) is 3.06. The van der Waals surface area contributed by atoms with E-state index < -0.39 is 0 Å². The maximum absolute atomic E-state index is 4.73. The summed E-state index contributed by atoms with van der Waals surface area (Å²) in [6.45, 7) is 5.11. The van der Waals surface area contributed by atoms with E-state index in [0.717, 1.165) is 30.2 Å². The van der Waals surface area contributed by atoms with Crippen molar-refractivity contribution in [2.24, 2.45) is 0 Å². The second-order valence-electron chi connectivity index (χ2n) is 5.86. The molecule has 1 aliphatic rings. The molecule has 0 amide bonds. The van der Waals surface area contributed by atoms with Gasteiger partial charge >= 0.3 is 0 Å². The first-order chi connectivity index (χ1) is 10.7. The lowest BCUT2D eigenvalue weighted by Crippen LogP contribution is -2.13.